The topological polar surface area (TPSA) is 80.5 Å². The van der Waals surface area contributed by atoms with Crippen molar-refractivity contribution in [3.8, 4) is 5.75 Å². The third-order valence-corrected chi connectivity index (χ3v) is 4.83. The fourth-order valence-electron chi connectivity index (χ4n) is 3.45. The summed E-state index contributed by atoms with van der Waals surface area (Å²) in [4.78, 5) is 13.8. The van der Waals surface area contributed by atoms with Gasteiger partial charge in [-0.05, 0) is 35.2 Å². The Bertz CT molecular complexity index is 966. The van der Waals surface area contributed by atoms with Gasteiger partial charge in [0.1, 0.15) is 5.75 Å². The lowest BCUT2D eigenvalue weighted by molar-refractivity contribution is 0.0691. The number of methoxy groups -OCH3 is 1. The molecule has 27 heavy (non-hydrogen) atoms. The molecule has 0 radical (unpaired) electrons. The summed E-state index contributed by atoms with van der Waals surface area (Å²) in [5, 5.41) is 17.6. The van der Waals surface area contributed by atoms with Crippen LogP contribution in [0.3, 0.4) is 0 Å². The first-order valence-corrected chi connectivity index (χ1v) is 8.77. The van der Waals surface area contributed by atoms with Crippen LogP contribution >= 0.6 is 0 Å². The number of rotatable bonds is 5. The molecule has 0 fully saturated rings. The maximum atomic E-state index is 11.7. The maximum Gasteiger partial charge on any atom is 0.360 e. The SMILES string of the molecule is COc1ccc(Cn2nnc(C(=O)O)c2N2CCc3ccccc3C2)cc1. The minimum atomic E-state index is -1.06. The molecule has 1 aromatic heterocycles. The van der Waals surface area contributed by atoms with Crippen LogP contribution < -0.4 is 9.64 Å². The van der Waals surface area contributed by atoms with Crippen molar-refractivity contribution in [1.29, 1.82) is 0 Å². The van der Waals surface area contributed by atoms with Gasteiger partial charge in [0.2, 0.25) is 5.69 Å². The van der Waals surface area contributed by atoms with Crippen molar-refractivity contribution in [2.24, 2.45) is 0 Å². The Kier molecular flexibility index (Phi) is 4.50. The highest BCUT2D eigenvalue weighted by Gasteiger charge is 2.27. The predicted octanol–water partition coefficient (Wildman–Crippen LogP) is 2.60. The second-order valence-electron chi connectivity index (χ2n) is 6.51. The Morgan fingerprint density at radius 1 is 1.15 bits per heavy atom. The van der Waals surface area contributed by atoms with Crippen LogP contribution in [0.1, 0.15) is 27.2 Å². The molecule has 0 saturated heterocycles. The monoisotopic (exact) mass is 364 g/mol. The standard InChI is InChI=1S/C20H20N4O3/c1-27-17-8-6-14(7-9-17)12-24-19(18(20(25)26)21-22-24)23-11-10-15-4-2-3-5-16(15)13-23/h2-9H,10-13H2,1H3,(H,25,26). The smallest absolute Gasteiger partial charge is 0.360 e. The second-order valence-corrected chi connectivity index (χ2v) is 6.51. The number of carboxylic acid groups (broad SMARTS) is 1. The summed E-state index contributed by atoms with van der Waals surface area (Å²) in [6, 6.07) is 15.9. The highest BCUT2D eigenvalue weighted by atomic mass is 16.5. The molecule has 1 aliphatic heterocycles. The number of anilines is 1. The van der Waals surface area contributed by atoms with E-state index >= 15 is 0 Å². The number of fused-ring (bicyclic) bond motifs is 1. The van der Waals surface area contributed by atoms with E-state index in [9.17, 15) is 9.90 Å². The molecular weight excluding hydrogens is 344 g/mol. The van der Waals surface area contributed by atoms with Crippen molar-refractivity contribution in [2.45, 2.75) is 19.5 Å². The minimum Gasteiger partial charge on any atom is -0.497 e. The number of carboxylic acids is 1. The molecule has 4 rings (SSSR count). The van der Waals surface area contributed by atoms with Gasteiger partial charge in [-0.15, -0.1) is 5.10 Å². The first kappa shape index (κ1) is 17.1. The van der Waals surface area contributed by atoms with Crippen molar-refractivity contribution < 1.29 is 14.6 Å². The van der Waals surface area contributed by atoms with Crippen molar-refractivity contribution in [1.82, 2.24) is 15.0 Å². The number of nitrogens with zero attached hydrogens (tertiary/aromatic N) is 4. The molecule has 1 N–H and O–H groups in total. The van der Waals surface area contributed by atoms with Crippen molar-refractivity contribution in [2.75, 3.05) is 18.6 Å². The molecule has 0 saturated carbocycles. The van der Waals surface area contributed by atoms with Gasteiger partial charge >= 0.3 is 5.97 Å². The largest absolute Gasteiger partial charge is 0.497 e. The van der Waals surface area contributed by atoms with Crippen LogP contribution in [-0.2, 0) is 19.5 Å². The lowest BCUT2D eigenvalue weighted by atomic mass is 10.00. The average Bonchev–Trinajstić information content (AvgIpc) is 3.12. The van der Waals surface area contributed by atoms with Crippen LogP contribution in [0.4, 0.5) is 5.82 Å². The second kappa shape index (κ2) is 7.11. The first-order chi connectivity index (χ1) is 13.2. The Hall–Kier alpha value is -3.35. The molecule has 0 amide bonds. The minimum absolute atomic E-state index is 0.0112. The number of hydrogen-bond donors (Lipinski definition) is 1. The van der Waals surface area contributed by atoms with Crippen molar-refractivity contribution in [3.05, 3.63) is 70.9 Å². The first-order valence-electron chi connectivity index (χ1n) is 8.77. The third-order valence-electron chi connectivity index (χ3n) is 4.83. The molecule has 3 aromatic rings. The Morgan fingerprint density at radius 3 is 2.59 bits per heavy atom. The molecule has 7 nitrogen and oxygen atoms in total. The quantitative estimate of drug-likeness (QED) is 0.750. The summed E-state index contributed by atoms with van der Waals surface area (Å²) in [7, 11) is 1.62. The number of aromatic nitrogens is 3. The number of aromatic carboxylic acids is 1. The van der Waals surface area contributed by atoms with Crippen LogP contribution in [0.25, 0.3) is 0 Å². The lowest BCUT2D eigenvalue weighted by Crippen LogP contribution is -2.33. The van der Waals surface area contributed by atoms with E-state index in [-0.39, 0.29) is 5.69 Å². The summed E-state index contributed by atoms with van der Waals surface area (Å²) >= 11 is 0. The van der Waals surface area contributed by atoms with Gasteiger partial charge in [0.25, 0.3) is 0 Å². The van der Waals surface area contributed by atoms with Gasteiger partial charge in [0.05, 0.1) is 13.7 Å². The van der Waals surface area contributed by atoms with Gasteiger partial charge in [0.15, 0.2) is 5.82 Å². The molecule has 0 aliphatic carbocycles. The molecule has 1 aliphatic rings. The summed E-state index contributed by atoms with van der Waals surface area (Å²) in [5.74, 6) is 0.258. The molecule has 0 bridgehead atoms. The zero-order chi connectivity index (χ0) is 18.8. The average molecular weight is 364 g/mol. The van der Waals surface area contributed by atoms with Gasteiger partial charge in [-0.3, -0.25) is 0 Å². The number of hydrogen-bond acceptors (Lipinski definition) is 5. The normalized spacial score (nSPS) is 13.3. The van der Waals surface area contributed by atoms with Crippen LogP contribution in [0.15, 0.2) is 48.5 Å². The van der Waals surface area contributed by atoms with E-state index in [1.807, 2.05) is 36.4 Å². The predicted molar refractivity (Wildman–Crippen MR) is 100 cm³/mol. The fourth-order valence-corrected chi connectivity index (χ4v) is 3.45. The van der Waals surface area contributed by atoms with E-state index in [0.717, 1.165) is 24.3 Å². The van der Waals surface area contributed by atoms with Gasteiger partial charge in [0, 0.05) is 13.1 Å². The third kappa shape index (κ3) is 3.36. The van der Waals surface area contributed by atoms with Crippen LogP contribution in [0.5, 0.6) is 5.75 Å². The van der Waals surface area contributed by atoms with Gasteiger partial charge in [-0.1, -0.05) is 41.6 Å². The summed E-state index contributed by atoms with van der Waals surface area (Å²) in [6.45, 7) is 1.82. The van der Waals surface area contributed by atoms with E-state index in [0.29, 0.717) is 18.9 Å². The fraction of sp³-hybridized carbons (Fsp3) is 0.250. The zero-order valence-electron chi connectivity index (χ0n) is 15.0. The Balaban J connectivity index is 1.66. The molecule has 2 aromatic carbocycles. The Labute approximate surface area is 156 Å². The van der Waals surface area contributed by atoms with Crippen molar-refractivity contribution >= 4 is 11.8 Å². The van der Waals surface area contributed by atoms with Crippen LogP contribution in [-0.4, -0.2) is 39.7 Å². The van der Waals surface area contributed by atoms with Crippen LogP contribution in [0, 0.1) is 0 Å². The summed E-state index contributed by atoms with van der Waals surface area (Å²) < 4.78 is 6.85. The highest BCUT2D eigenvalue weighted by Crippen LogP contribution is 2.27. The summed E-state index contributed by atoms with van der Waals surface area (Å²) in [5.41, 5.74) is 3.50. The van der Waals surface area contributed by atoms with E-state index < -0.39 is 5.97 Å². The molecule has 138 valence electrons. The molecule has 7 heteroatoms. The number of ether oxygens (including phenoxy) is 1. The maximum absolute atomic E-state index is 11.7. The van der Waals surface area contributed by atoms with Gasteiger partial charge in [-0.2, -0.15) is 0 Å². The molecule has 2 heterocycles. The Morgan fingerprint density at radius 2 is 1.89 bits per heavy atom. The zero-order valence-corrected chi connectivity index (χ0v) is 15.0. The van der Waals surface area contributed by atoms with E-state index in [2.05, 4.69) is 27.3 Å². The molecule has 0 atom stereocenters. The van der Waals surface area contributed by atoms with Crippen molar-refractivity contribution in [3.63, 3.8) is 0 Å². The van der Waals surface area contributed by atoms with Gasteiger partial charge < -0.3 is 14.7 Å². The van der Waals surface area contributed by atoms with E-state index in [1.165, 1.54) is 11.1 Å². The molecule has 0 spiro atoms. The molecule has 0 unspecified atom stereocenters. The highest BCUT2D eigenvalue weighted by molar-refractivity contribution is 5.91. The lowest BCUT2D eigenvalue weighted by Gasteiger charge is -2.30. The van der Waals surface area contributed by atoms with E-state index in [1.54, 1.807) is 11.8 Å². The number of carbonyl (C=O) groups is 1. The van der Waals surface area contributed by atoms with E-state index in [4.69, 9.17) is 4.74 Å². The summed E-state index contributed by atoms with van der Waals surface area (Å²) in [6.07, 6.45) is 0.864. The van der Waals surface area contributed by atoms with Gasteiger partial charge in [-0.25, -0.2) is 9.48 Å². The van der Waals surface area contributed by atoms with Crippen LogP contribution in [0.2, 0.25) is 0 Å². The molecular formula is C20H20N4O3. The number of benzene rings is 2.